The molecule has 124 valence electrons. The van der Waals surface area contributed by atoms with E-state index in [1.54, 1.807) is 0 Å². The highest BCUT2D eigenvalue weighted by molar-refractivity contribution is 4.92. The minimum atomic E-state index is 0.366. The fourth-order valence-electron chi connectivity index (χ4n) is 4.26. The monoisotopic (exact) mass is 296 g/mol. The van der Waals surface area contributed by atoms with Crippen LogP contribution in [0.3, 0.4) is 0 Å². The lowest BCUT2D eigenvalue weighted by Gasteiger charge is -2.47. The van der Waals surface area contributed by atoms with Gasteiger partial charge in [0, 0.05) is 25.7 Å². The molecule has 0 bridgehead atoms. The Kier molecular flexibility index (Phi) is 6.10. The van der Waals surface area contributed by atoms with E-state index in [0.29, 0.717) is 23.5 Å². The zero-order valence-electron chi connectivity index (χ0n) is 14.6. The maximum absolute atomic E-state index is 6.10. The second kappa shape index (κ2) is 7.43. The van der Waals surface area contributed by atoms with Gasteiger partial charge >= 0.3 is 0 Å². The molecule has 4 atom stereocenters. The van der Waals surface area contributed by atoms with Gasteiger partial charge in [0.2, 0.25) is 0 Å². The first-order valence-corrected chi connectivity index (χ1v) is 9.03. The Hall–Kier alpha value is -0.120. The quantitative estimate of drug-likeness (QED) is 0.865. The highest BCUT2D eigenvalue weighted by Crippen LogP contribution is 2.43. The van der Waals surface area contributed by atoms with Gasteiger partial charge in [-0.1, -0.05) is 27.2 Å². The first kappa shape index (κ1) is 17.2. The zero-order chi connectivity index (χ0) is 15.5. The van der Waals surface area contributed by atoms with Crippen molar-refractivity contribution < 1.29 is 4.74 Å². The molecule has 0 spiro atoms. The van der Waals surface area contributed by atoms with Gasteiger partial charge in [0.15, 0.2) is 0 Å². The number of hydrogen-bond acceptors (Lipinski definition) is 3. The summed E-state index contributed by atoms with van der Waals surface area (Å²) in [6.45, 7) is 13.5. The Bertz CT molecular complexity index is 318. The fraction of sp³-hybridized carbons (Fsp3) is 1.00. The molecule has 2 fully saturated rings. The van der Waals surface area contributed by atoms with Crippen molar-refractivity contribution in [1.29, 1.82) is 0 Å². The van der Waals surface area contributed by atoms with Crippen LogP contribution in [0.1, 0.15) is 59.8 Å². The average molecular weight is 296 g/mol. The van der Waals surface area contributed by atoms with Crippen molar-refractivity contribution >= 4 is 0 Å². The number of ether oxygens (including phenoxy) is 1. The maximum atomic E-state index is 6.10. The maximum Gasteiger partial charge on any atom is 0.0674 e. The van der Waals surface area contributed by atoms with Crippen LogP contribution < -0.4 is 5.73 Å². The Balaban J connectivity index is 2.08. The molecule has 3 nitrogen and oxygen atoms in total. The number of hydrogen-bond donors (Lipinski definition) is 1. The second-order valence-electron chi connectivity index (χ2n) is 7.95. The molecule has 0 amide bonds. The summed E-state index contributed by atoms with van der Waals surface area (Å²) >= 11 is 0. The fourth-order valence-corrected chi connectivity index (χ4v) is 4.26. The van der Waals surface area contributed by atoms with E-state index in [0.717, 1.165) is 25.6 Å². The first-order chi connectivity index (χ1) is 9.97. The molecule has 2 rings (SSSR count). The molecule has 1 aliphatic heterocycles. The van der Waals surface area contributed by atoms with Crippen LogP contribution >= 0.6 is 0 Å². The lowest BCUT2D eigenvalue weighted by Crippen LogP contribution is -2.50. The Morgan fingerprint density at radius 3 is 2.71 bits per heavy atom. The van der Waals surface area contributed by atoms with Crippen molar-refractivity contribution in [3.63, 3.8) is 0 Å². The minimum absolute atomic E-state index is 0.366. The second-order valence-corrected chi connectivity index (χ2v) is 7.95. The lowest BCUT2D eigenvalue weighted by atomic mass is 9.65. The Morgan fingerprint density at radius 1 is 1.29 bits per heavy atom. The van der Waals surface area contributed by atoms with Crippen LogP contribution in [0.4, 0.5) is 0 Å². The predicted octanol–water partition coefficient (Wildman–Crippen LogP) is 3.28. The number of nitrogens with two attached hydrogens (primary N) is 1. The van der Waals surface area contributed by atoms with E-state index in [1.807, 2.05) is 0 Å². The third-order valence-corrected chi connectivity index (χ3v) is 6.23. The molecule has 0 aromatic rings. The van der Waals surface area contributed by atoms with Crippen molar-refractivity contribution in [3.8, 4) is 0 Å². The molecule has 3 heteroatoms. The number of nitrogens with zero attached hydrogens (tertiary/aromatic N) is 1. The molecule has 2 N–H and O–H groups in total. The normalized spacial score (nSPS) is 36.4. The Morgan fingerprint density at radius 2 is 2.05 bits per heavy atom. The summed E-state index contributed by atoms with van der Waals surface area (Å²) in [5.41, 5.74) is 6.57. The van der Waals surface area contributed by atoms with Gasteiger partial charge in [0.1, 0.15) is 0 Å². The molecular weight excluding hydrogens is 260 g/mol. The lowest BCUT2D eigenvalue weighted by molar-refractivity contribution is 0.0180. The van der Waals surface area contributed by atoms with E-state index >= 15 is 0 Å². The van der Waals surface area contributed by atoms with Gasteiger partial charge in [-0.25, -0.2) is 0 Å². The van der Waals surface area contributed by atoms with Crippen LogP contribution in [-0.4, -0.2) is 43.3 Å². The molecule has 21 heavy (non-hydrogen) atoms. The third-order valence-electron chi connectivity index (χ3n) is 6.23. The molecule has 0 aromatic heterocycles. The van der Waals surface area contributed by atoms with Gasteiger partial charge < -0.3 is 10.5 Å². The van der Waals surface area contributed by atoms with Gasteiger partial charge in [0.05, 0.1) is 6.10 Å². The van der Waals surface area contributed by atoms with Gasteiger partial charge in [0.25, 0.3) is 0 Å². The van der Waals surface area contributed by atoms with Crippen LogP contribution in [0.15, 0.2) is 0 Å². The summed E-state index contributed by atoms with van der Waals surface area (Å²) in [4.78, 5) is 2.70. The summed E-state index contributed by atoms with van der Waals surface area (Å²) in [7, 11) is 0. The Labute approximate surface area is 131 Å². The predicted molar refractivity (Wildman–Crippen MR) is 89.3 cm³/mol. The van der Waals surface area contributed by atoms with Crippen LogP contribution in [0, 0.1) is 17.3 Å². The SMILES string of the molecule is CCC(C)(C)C1CCC(CN)C(N2CCCOC(C)C2)C1. The van der Waals surface area contributed by atoms with Crippen molar-refractivity contribution in [2.45, 2.75) is 71.9 Å². The van der Waals surface area contributed by atoms with E-state index in [-0.39, 0.29) is 0 Å². The summed E-state index contributed by atoms with van der Waals surface area (Å²) in [6.07, 6.45) is 6.80. The van der Waals surface area contributed by atoms with E-state index in [4.69, 9.17) is 10.5 Å². The molecule has 1 saturated heterocycles. The van der Waals surface area contributed by atoms with Crippen molar-refractivity contribution in [2.24, 2.45) is 23.0 Å². The summed E-state index contributed by atoms with van der Waals surface area (Å²) in [6, 6.07) is 0.670. The third kappa shape index (κ3) is 4.20. The number of rotatable bonds is 4. The van der Waals surface area contributed by atoms with E-state index < -0.39 is 0 Å². The van der Waals surface area contributed by atoms with Crippen molar-refractivity contribution in [2.75, 3.05) is 26.2 Å². The van der Waals surface area contributed by atoms with Gasteiger partial charge in [-0.05, 0) is 56.4 Å². The highest BCUT2D eigenvalue weighted by atomic mass is 16.5. The molecule has 1 aliphatic carbocycles. The first-order valence-electron chi connectivity index (χ1n) is 9.03. The zero-order valence-corrected chi connectivity index (χ0v) is 14.6. The topological polar surface area (TPSA) is 38.5 Å². The average Bonchev–Trinajstić information content (AvgIpc) is 2.71. The molecule has 1 saturated carbocycles. The van der Waals surface area contributed by atoms with E-state index in [1.165, 1.54) is 38.6 Å². The minimum Gasteiger partial charge on any atom is -0.377 e. The highest BCUT2D eigenvalue weighted by Gasteiger charge is 2.39. The smallest absolute Gasteiger partial charge is 0.0674 e. The van der Waals surface area contributed by atoms with Crippen LogP contribution in [0.5, 0.6) is 0 Å². The largest absolute Gasteiger partial charge is 0.377 e. The van der Waals surface area contributed by atoms with Crippen LogP contribution in [-0.2, 0) is 4.74 Å². The molecule has 4 unspecified atom stereocenters. The van der Waals surface area contributed by atoms with Crippen molar-refractivity contribution in [3.05, 3.63) is 0 Å². The molecular formula is C18H36N2O. The molecule has 1 heterocycles. The van der Waals surface area contributed by atoms with Gasteiger partial charge in [-0.15, -0.1) is 0 Å². The van der Waals surface area contributed by atoms with Gasteiger partial charge in [-0.2, -0.15) is 0 Å². The van der Waals surface area contributed by atoms with Crippen LogP contribution in [0.2, 0.25) is 0 Å². The standard InChI is InChI=1S/C18H36N2O/c1-5-18(3,4)16-8-7-15(12-19)17(11-16)20-9-6-10-21-14(2)13-20/h14-17H,5-13,19H2,1-4H3. The summed E-state index contributed by atoms with van der Waals surface area (Å²) in [5, 5.41) is 0. The van der Waals surface area contributed by atoms with Crippen molar-refractivity contribution in [1.82, 2.24) is 4.90 Å². The molecule has 0 radical (unpaired) electrons. The van der Waals surface area contributed by atoms with Gasteiger partial charge in [-0.3, -0.25) is 4.90 Å². The van der Waals surface area contributed by atoms with E-state index in [9.17, 15) is 0 Å². The van der Waals surface area contributed by atoms with Crippen LogP contribution in [0.25, 0.3) is 0 Å². The summed E-state index contributed by atoms with van der Waals surface area (Å²) in [5.74, 6) is 1.52. The summed E-state index contributed by atoms with van der Waals surface area (Å²) < 4.78 is 5.84. The van der Waals surface area contributed by atoms with E-state index in [2.05, 4.69) is 32.6 Å². The molecule has 2 aliphatic rings. The molecule has 0 aromatic carbocycles.